The Balaban J connectivity index is 1.72. The van der Waals surface area contributed by atoms with Gasteiger partial charge in [0, 0.05) is 16.3 Å². The van der Waals surface area contributed by atoms with Gasteiger partial charge in [-0.1, -0.05) is 42.8 Å². The van der Waals surface area contributed by atoms with Gasteiger partial charge in [0.25, 0.3) is 0 Å². The van der Waals surface area contributed by atoms with E-state index in [1.165, 1.54) is 0 Å². The number of nitrogens with one attached hydrogen (secondary N) is 1. The molecular weight excluding hydrogens is 398 g/mol. The molecule has 0 fully saturated rings. The minimum absolute atomic E-state index is 0.0135. The van der Waals surface area contributed by atoms with Crippen molar-refractivity contribution in [1.29, 1.82) is 0 Å². The number of rotatable bonds is 9. The molecule has 2 aromatic carbocycles. The summed E-state index contributed by atoms with van der Waals surface area (Å²) in [6.07, 6.45) is 0.0189. The molecule has 0 bridgehead atoms. The molecule has 2 rings (SSSR count). The molecule has 148 valence electrons. The number of ketones is 1. The van der Waals surface area contributed by atoms with Crippen LogP contribution in [0.5, 0.6) is 0 Å². The Kier molecular flexibility index (Phi) is 8.54. The number of aryl methyl sites for hydroxylation is 1. The lowest BCUT2D eigenvalue weighted by Gasteiger charge is -2.12. The Morgan fingerprint density at radius 3 is 2.29 bits per heavy atom. The van der Waals surface area contributed by atoms with Crippen molar-refractivity contribution in [3.05, 3.63) is 64.7 Å². The standard InChI is InChI=1S/C21H22ClNO4S/c1-3-15-4-6-16(7-5-15)21(26)14(2)27-20(25)13-28-12-19(24)23-18-10-8-17(22)9-11-18/h4-11,14H,3,12-13H2,1-2H3,(H,23,24)/t14-/m1/s1. The second-order valence-corrected chi connectivity index (χ2v) is 7.52. The highest BCUT2D eigenvalue weighted by Crippen LogP contribution is 2.14. The topological polar surface area (TPSA) is 72.5 Å². The van der Waals surface area contributed by atoms with Crippen LogP contribution in [-0.2, 0) is 20.7 Å². The van der Waals surface area contributed by atoms with Gasteiger partial charge in [0.2, 0.25) is 11.7 Å². The first-order chi connectivity index (χ1) is 13.4. The van der Waals surface area contributed by atoms with Crippen molar-refractivity contribution in [1.82, 2.24) is 0 Å². The number of esters is 1. The van der Waals surface area contributed by atoms with Gasteiger partial charge in [-0.05, 0) is 43.2 Å². The van der Waals surface area contributed by atoms with Crippen LogP contribution in [0.25, 0.3) is 0 Å². The zero-order chi connectivity index (χ0) is 20.5. The van der Waals surface area contributed by atoms with E-state index in [9.17, 15) is 14.4 Å². The minimum atomic E-state index is -0.872. The van der Waals surface area contributed by atoms with Crippen LogP contribution in [0.3, 0.4) is 0 Å². The van der Waals surface area contributed by atoms with Crippen LogP contribution < -0.4 is 5.32 Å². The van der Waals surface area contributed by atoms with Gasteiger partial charge in [-0.15, -0.1) is 11.8 Å². The molecule has 0 radical (unpaired) electrons. The van der Waals surface area contributed by atoms with E-state index in [0.717, 1.165) is 23.7 Å². The lowest BCUT2D eigenvalue weighted by Crippen LogP contribution is -2.25. The number of carbonyl (C=O) groups excluding carboxylic acids is 3. The summed E-state index contributed by atoms with van der Waals surface area (Å²) in [4.78, 5) is 36.1. The number of amides is 1. The highest BCUT2D eigenvalue weighted by molar-refractivity contribution is 8.00. The Morgan fingerprint density at radius 2 is 1.68 bits per heavy atom. The van der Waals surface area contributed by atoms with Gasteiger partial charge in [-0.3, -0.25) is 14.4 Å². The van der Waals surface area contributed by atoms with Crippen molar-refractivity contribution in [3.63, 3.8) is 0 Å². The maximum atomic E-state index is 12.3. The summed E-state index contributed by atoms with van der Waals surface area (Å²) in [5, 5.41) is 3.29. The van der Waals surface area contributed by atoms with Gasteiger partial charge < -0.3 is 10.1 Å². The van der Waals surface area contributed by atoms with Gasteiger partial charge in [0.1, 0.15) is 0 Å². The number of Topliss-reactive ketones (excluding diaryl/α,β-unsaturated/α-hetero) is 1. The van der Waals surface area contributed by atoms with Crippen LogP contribution in [0, 0.1) is 0 Å². The van der Waals surface area contributed by atoms with Gasteiger partial charge in [0.15, 0.2) is 6.10 Å². The van der Waals surface area contributed by atoms with E-state index >= 15 is 0 Å². The average molecular weight is 420 g/mol. The zero-order valence-electron chi connectivity index (χ0n) is 15.7. The first kappa shape index (κ1) is 22.0. The van der Waals surface area contributed by atoms with Crippen molar-refractivity contribution < 1.29 is 19.1 Å². The summed E-state index contributed by atoms with van der Waals surface area (Å²) in [5.74, 6) is -0.934. The molecule has 0 spiro atoms. The fraction of sp³-hybridized carbons (Fsp3) is 0.286. The molecule has 0 aliphatic rings. The lowest BCUT2D eigenvalue weighted by molar-refractivity contribution is -0.143. The molecule has 0 aromatic heterocycles. The number of hydrogen-bond acceptors (Lipinski definition) is 5. The number of ether oxygens (including phenoxy) is 1. The molecule has 28 heavy (non-hydrogen) atoms. The van der Waals surface area contributed by atoms with Crippen LogP contribution in [0.4, 0.5) is 5.69 Å². The Labute approximate surface area is 173 Å². The fourth-order valence-corrected chi connectivity index (χ4v) is 3.10. The summed E-state index contributed by atoms with van der Waals surface area (Å²) in [7, 11) is 0. The quantitative estimate of drug-likeness (QED) is 0.482. The second kappa shape index (κ2) is 10.9. The number of anilines is 1. The number of thioether (sulfide) groups is 1. The highest BCUT2D eigenvalue weighted by atomic mass is 35.5. The third-order valence-electron chi connectivity index (χ3n) is 3.91. The summed E-state index contributed by atoms with van der Waals surface area (Å²) >= 11 is 6.91. The highest BCUT2D eigenvalue weighted by Gasteiger charge is 2.19. The van der Waals surface area contributed by atoms with Crippen LogP contribution >= 0.6 is 23.4 Å². The minimum Gasteiger partial charge on any atom is -0.454 e. The molecule has 1 N–H and O–H groups in total. The summed E-state index contributed by atoms with van der Waals surface area (Å²) in [5.41, 5.74) is 2.27. The van der Waals surface area contributed by atoms with E-state index in [-0.39, 0.29) is 23.2 Å². The number of hydrogen-bond donors (Lipinski definition) is 1. The molecule has 0 aliphatic heterocycles. The van der Waals surface area contributed by atoms with Crippen LogP contribution in [0.15, 0.2) is 48.5 Å². The first-order valence-electron chi connectivity index (χ1n) is 8.85. The van der Waals surface area contributed by atoms with Gasteiger partial charge in [-0.25, -0.2) is 0 Å². The molecule has 5 nitrogen and oxygen atoms in total. The number of halogens is 1. The molecule has 0 unspecified atom stereocenters. The van der Waals surface area contributed by atoms with Crippen molar-refractivity contribution in [3.8, 4) is 0 Å². The Hall–Kier alpha value is -2.31. The van der Waals surface area contributed by atoms with E-state index in [0.29, 0.717) is 16.3 Å². The van der Waals surface area contributed by atoms with Crippen molar-refractivity contribution in [2.45, 2.75) is 26.4 Å². The summed E-state index contributed by atoms with van der Waals surface area (Å²) in [6, 6.07) is 14.0. The van der Waals surface area contributed by atoms with Crippen molar-refractivity contribution >= 4 is 46.7 Å². The summed E-state index contributed by atoms with van der Waals surface area (Å²) in [6.45, 7) is 3.58. The summed E-state index contributed by atoms with van der Waals surface area (Å²) < 4.78 is 5.18. The lowest BCUT2D eigenvalue weighted by atomic mass is 10.0. The Morgan fingerprint density at radius 1 is 1.04 bits per heavy atom. The largest absolute Gasteiger partial charge is 0.454 e. The molecule has 0 saturated carbocycles. The maximum absolute atomic E-state index is 12.3. The maximum Gasteiger partial charge on any atom is 0.316 e. The predicted octanol–water partition coefficient (Wildman–Crippen LogP) is 4.39. The second-order valence-electron chi connectivity index (χ2n) is 6.09. The fourth-order valence-electron chi connectivity index (χ4n) is 2.38. The van der Waals surface area contributed by atoms with E-state index in [2.05, 4.69) is 5.32 Å². The number of carbonyl (C=O) groups is 3. The molecule has 2 aromatic rings. The monoisotopic (exact) mass is 419 g/mol. The molecular formula is C21H22ClNO4S. The molecule has 1 amide bonds. The van der Waals surface area contributed by atoms with E-state index in [4.69, 9.17) is 16.3 Å². The third-order valence-corrected chi connectivity index (χ3v) is 5.06. The molecule has 0 saturated heterocycles. The smallest absolute Gasteiger partial charge is 0.316 e. The van der Waals surface area contributed by atoms with Gasteiger partial charge in [0.05, 0.1) is 11.5 Å². The number of benzene rings is 2. The van der Waals surface area contributed by atoms with Crippen molar-refractivity contribution in [2.24, 2.45) is 0 Å². The van der Waals surface area contributed by atoms with Crippen LogP contribution in [-0.4, -0.2) is 35.3 Å². The SMILES string of the molecule is CCc1ccc(C(=O)[C@@H](C)OC(=O)CSCC(=O)Nc2ccc(Cl)cc2)cc1. The average Bonchev–Trinajstić information content (AvgIpc) is 2.69. The van der Waals surface area contributed by atoms with Gasteiger partial charge >= 0.3 is 5.97 Å². The first-order valence-corrected chi connectivity index (χ1v) is 10.4. The predicted molar refractivity (Wildman–Crippen MR) is 113 cm³/mol. The molecule has 0 heterocycles. The van der Waals surface area contributed by atoms with E-state index in [1.807, 2.05) is 19.1 Å². The van der Waals surface area contributed by atoms with Crippen LogP contribution in [0.1, 0.15) is 29.8 Å². The third kappa shape index (κ3) is 7.02. The normalized spacial score (nSPS) is 11.5. The Bertz CT molecular complexity index is 821. The van der Waals surface area contributed by atoms with E-state index < -0.39 is 12.1 Å². The molecule has 0 aliphatic carbocycles. The van der Waals surface area contributed by atoms with Gasteiger partial charge in [-0.2, -0.15) is 0 Å². The van der Waals surface area contributed by atoms with Crippen molar-refractivity contribution in [2.75, 3.05) is 16.8 Å². The van der Waals surface area contributed by atoms with E-state index in [1.54, 1.807) is 43.3 Å². The zero-order valence-corrected chi connectivity index (χ0v) is 17.3. The molecule has 7 heteroatoms. The molecule has 1 atom stereocenters. The van der Waals surface area contributed by atoms with Crippen LogP contribution in [0.2, 0.25) is 5.02 Å².